The second-order valence-corrected chi connectivity index (χ2v) is 13.1. The van der Waals surface area contributed by atoms with Crippen molar-refractivity contribution in [3.63, 3.8) is 0 Å². The van der Waals surface area contributed by atoms with Gasteiger partial charge in [0.2, 0.25) is 5.91 Å². The highest BCUT2D eigenvalue weighted by Crippen LogP contribution is 2.31. The van der Waals surface area contributed by atoms with E-state index in [2.05, 4.69) is 10.3 Å². The van der Waals surface area contributed by atoms with Crippen molar-refractivity contribution in [1.29, 1.82) is 0 Å². The second-order valence-electron chi connectivity index (χ2n) is 12.7. The number of methoxy groups -OCH3 is 1. The molecule has 1 heterocycles. The SMILES string of the molecule is COc1cc(Cl)cc2[nH]c(C(=O)C[C@@H](CC(C)C)C(=O)N[C@@H](C[C@@H]3CCCCC3=O)C(=O)COC(=O)C(C)(C)C)cc12. The summed E-state index contributed by atoms with van der Waals surface area (Å²) >= 11 is 6.18. The van der Waals surface area contributed by atoms with Gasteiger partial charge in [0.25, 0.3) is 0 Å². The van der Waals surface area contributed by atoms with Gasteiger partial charge in [0, 0.05) is 35.1 Å². The van der Waals surface area contributed by atoms with E-state index in [9.17, 15) is 24.0 Å². The molecule has 0 aliphatic heterocycles. The highest BCUT2D eigenvalue weighted by atomic mass is 35.5. The van der Waals surface area contributed by atoms with Crippen molar-refractivity contribution in [2.24, 2.45) is 23.2 Å². The standard InChI is InChI=1S/C32H43ClN2O7/c1-18(2)11-20(13-27(37)25-16-22-23(34-25)14-21(33)15-29(22)41-6)30(39)35-24(12-19-9-7-8-10-26(19)36)28(38)17-42-31(40)32(3,4)5/h14-16,18-20,24,34H,7-13,17H2,1-6H3,(H,35,39)/t19-,20+,24-/m0/s1. The van der Waals surface area contributed by atoms with Gasteiger partial charge in [-0.2, -0.15) is 0 Å². The average Bonchev–Trinajstić information content (AvgIpc) is 3.34. The van der Waals surface area contributed by atoms with Crippen LogP contribution in [0.1, 0.15) is 90.1 Å². The molecule has 42 heavy (non-hydrogen) atoms. The van der Waals surface area contributed by atoms with Crippen LogP contribution in [0.3, 0.4) is 0 Å². The van der Waals surface area contributed by atoms with E-state index in [4.69, 9.17) is 21.1 Å². The van der Waals surface area contributed by atoms with Gasteiger partial charge in [0.1, 0.15) is 11.5 Å². The van der Waals surface area contributed by atoms with Crippen molar-refractivity contribution < 1.29 is 33.4 Å². The first-order valence-corrected chi connectivity index (χ1v) is 15.0. The molecule has 0 spiro atoms. The lowest BCUT2D eigenvalue weighted by Gasteiger charge is -2.27. The van der Waals surface area contributed by atoms with Gasteiger partial charge in [0.15, 0.2) is 18.2 Å². The van der Waals surface area contributed by atoms with E-state index in [0.29, 0.717) is 46.6 Å². The second kappa shape index (κ2) is 14.3. The fourth-order valence-corrected chi connectivity index (χ4v) is 5.49. The Morgan fingerprint density at radius 3 is 2.45 bits per heavy atom. The highest BCUT2D eigenvalue weighted by molar-refractivity contribution is 6.31. The summed E-state index contributed by atoms with van der Waals surface area (Å²) in [6, 6.07) is 4.03. The minimum Gasteiger partial charge on any atom is -0.496 e. The molecule has 1 fully saturated rings. The first-order chi connectivity index (χ1) is 19.7. The van der Waals surface area contributed by atoms with Crippen LogP contribution in [0.15, 0.2) is 18.2 Å². The molecular formula is C32H43ClN2O7. The van der Waals surface area contributed by atoms with Gasteiger partial charge >= 0.3 is 5.97 Å². The first-order valence-electron chi connectivity index (χ1n) is 14.6. The number of ketones is 3. The molecule has 1 aromatic heterocycles. The quantitative estimate of drug-likeness (QED) is 0.217. The Labute approximate surface area is 252 Å². The van der Waals surface area contributed by atoms with Crippen LogP contribution in [-0.2, 0) is 23.9 Å². The van der Waals surface area contributed by atoms with Gasteiger partial charge in [0.05, 0.1) is 29.8 Å². The number of amides is 1. The zero-order valence-electron chi connectivity index (χ0n) is 25.4. The summed E-state index contributed by atoms with van der Waals surface area (Å²) in [5.41, 5.74) is 0.167. The average molecular weight is 603 g/mol. The predicted octanol–water partition coefficient (Wildman–Crippen LogP) is 5.86. The van der Waals surface area contributed by atoms with Crippen LogP contribution >= 0.6 is 11.6 Å². The number of esters is 1. The van der Waals surface area contributed by atoms with Gasteiger partial charge in [-0.25, -0.2) is 0 Å². The Kier molecular flexibility index (Phi) is 11.4. The van der Waals surface area contributed by atoms with E-state index < -0.39 is 41.6 Å². The lowest BCUT2D eigenvalue weighted by Crippen LogP contribution is -2.47. The number of carbonyl (C=O) groups excluding carboxylic acids is 5. The summed E-state index contributed by atoms with van der Waals surface area (Å²) in [6.45, 7) is 8.46. The van der Waals surface area contributed by atoms with Crippen molar-refractivity contribution in [1.82, 2.24) is 10.3 Å². The zero-order valence-corrected chi connectivity index (χ0v) is 26.2. The van der Waals surface area contributed by atoms with Crippen molar-refractivity contribution in [2.45, 2.75) is 85.6 Å². The molecule has 9 nitrogen and oxygen atoms in total. The number of nitrogens with one attached hydrogen (secondary N) is 2. The fraction of sp³-hybridized carbons (Fsp3) is 0.594. The number of hydrogen-bond donors (Lipinski definition) is 2. The van der Waals surface area contributed by atoms with E-state index in [-0.39, 0.29) is 36.2 Å². The van der Waals surface area contributed by atoms with Crippen LogP contribution in [0.4, 0.5) is 0 Å². The van der Waals surface area contributed by atoms with Crippen LogP contribution in [0.25, 0.3) is 10.9 Å². The molecule has 1 aliphatic rings. The molecule has 3 atom stereocenters. The van der Waals surface area contributed by atoms with E-state index in [1.54, 1.807) is 39.0 Å². The molecule has 0 bridgehead atoms. The van der Waals surface area contributed by atoms with Gasteiger partial charge in [-0.1, -0.05) is 31.9 Å². The minimum absolute atomic E-state index is 0.0724. The van der Waals surface area contributed by atoms with Gasteiger partial charge in [-0.05, 0) is 70.6 Å². The maximum Gasteiger partial charge on any atom is 0.311 e. The van der Waals surface area contributed by atoms with E-state index >= 15 is 0 Å². The van der Waals surface area contributed by atoms with E-state index in [1.807, 2.05) is 13.8 Å². The smallest absolute Gasteiger partial charge is 0.311 e. The molecule has 0 saturated heterocycles. The number of rotatable bonds is 13. The van der Waals surface area contributed by atoms with Crippen LogP contribution in [0, 0.1) is 23.2 Å². The molecule has 3 rings (SSSR count). The van der Waals surface area contributed by atoms with E-state index in [0.717, 1.165) is 12.8 Å². The van der Waals surface area contributed by atoms with Crippen molar-refractivity contribution in [2.75, 3.05) is 13.7 Å². The topological polar surface area (TPSA) is 132 Å². The Hall–Kier alpha value is -3.20. The molecule has 10 heteroatoms. The summed E-state index contributed by atoms with van der Waals surface area (Å²) in [5.74, 6) is -2.11. The number of Topliss-reactive ketones (excluding diaryl/α,β-unsaturated/α-hetero) is 3. The lowest BCUT2D eigenvalue weighted by atomic mass is 9.82. The molecule has 1 aliphatic carbocycles. The zero-order chi connectivity index (χ0) is 31.2. The predicted molar refractivity (Wildman–Crippen MR) is 161 cm³/mol. The van der Waals surface area contributed by atoms with Gasteiger partial charge in [-0.3, -0.25) is 24.0 Å². The number of aromatic nitrogens is 1. The third-order valence-electron chi connectivity index (χ3n) is 7.61. The Bertz CT molecular complexity index is 1320. The Balaban J connectivity index is 1.80. The van der Waals surface area contributed by atoms with Crippen molar-refractivity contribution in [3.8, 4) is 5.75 Å². The molecule has 1 aromatic carbocycles. The summed E-state index contributed by atoms with van der Waals surface area (Å²) < 4.78 is 10.6. The molecule has 2 N–H and O–H groups in total. The molecule has 2 aromatic rings. The summed E-state index contributed by atoms with van der Waals surface area (Å²) in [4.78, 5) is 68.3. The van der Waals surface area contributed by atoms with Crippen LogP contribution < -0.4 is 10.1 Å². The third kappa shape index (κ3) is 8.90. The van der Waals surface area contributed by atoms with E-state index in [1.165, 1.54) is 7.11 Å². The lowest BCUT2D eigenvalue weighted by molar-refractivity contribution is -0.156. The third-order valence-corrected chi connectivity index (χ3v) is 7.83. The first kappa shape index (κ1) is 33.3. The van der Waals surface area contributed by atoms with Gasteiger partial charge in [-0.15, -0.1) is 0 Å². The maximum absolute atomic E-state index is 13.6. The Morgan fingerprint density at radius 2 is 1.83 bits per heavy atom. The number of halogens is 1. The minimum atomic E-state index is -1.01. The summed E-state index contributed by atoms with van der Waals surface area (Å²) in [5, 5.41) is 3.98. The number of H-pyrrole nitrogens is 1. The van der Waals surface area contributed by atoms with Crippen LogP contribution in [0.5, 0.6) is 5.75 Å². The molecule has 230 valence electrons. The van der Waals surface area contributed by atoms with Crippen LogP contribution in [0.2, 0.25) is 5.02 Å². The number of aromatic amines is 1. The Morgan fingerprint density at radius 1 is 1.12 bits per heavy atom. The molecule has 0 radical (unpaired) electrons. The molecule has 0 unspecified atom stereocenters. The number of benzene rings is 1. The number of hydrogen-bond acceptors (Lipinski definition) is 7. The largest absolute Gasteiger partial charge is 0.496 e. The summed E-state index contributed by atoms with van der Waals surface area (Å²) in [7, 11) is 1.52. The number of ether oxygens (including phenoxy) is 2. The number of carbonyl (C=O) groups is 5. The number of fused-ring (bicyclic) bond motifs is 1. The fourth-order valence-electron chi connectivity index (χ4n) is 5.28. The molecule has 1 amide bonds. The van der Waals surface area contributed by atoms with Gasteiger partial charge < -0.3 is 19.8 Å². The van der Waals surface area contributed by atoms with Crippen molar-refractivity contribution in [3.05, 3.63) is 28.9 Å². The maximum atomic E-state index is 13.6. The molecule has 1 saturated carbocycles. The van der Waals surface area contributed by atoms with Crippen LogP contribution in [-0.4, -0.2) is 54.0 Å². The monoisotopic (exact) mass is 602 g/mol. The molecular weight excluding hydrogens is 560 g/mol. The highest BCUT2D eigenvalue weighted by Gasteiger charge is 2.34. The normalized spacial score (nSPS) is 17.1. The van der Waals surface area contributed by atoms with Crippen molar-refractivity contribution >= 4 is 51.7 Å². The summed E-state index contributed by atoms with van der Waals surface area (Å²) in [6.07, 6.45) is 3.24.